The number of aliphatic carboxylic acids is 1. The topological polar surface area (TPSA) is 106 Å². The van der Waals surface area contributed by atoms with Crippen LogP contribution in [0.1, 0.15) is 76.4 Å². The maximum Gasteiger partial charge on any atom is 0.360 e. The summed E-state index contributed by atoms with van der Waals surface area (Å²) in [6.07, 6.45) is 10.8. The number of ether oxygens (including phenoxy) is 1. The Morgan fingerprint density at radius 1 is 1.05 bits per heavy atom. The van der Waals surface area contributed by atoms with E-state index >= 15 is 0 Å². The lowest BCUT2D eigenvalue weighted by Crippen LogP contribution is -2.44. The summed E-state index contributed by atoms with van der Waals surface area (Å²) in [5.74, 6) is -0.608. The van der Waals surface area contributed by atoms with Crippen molar-refractivity contribution in [2.45, 2.75) is 76.8 Å². The van der Waals surface area contributed by atoms with Gasteiger partial charge in [0.25, 0.3) is 5.56 Å². The van der Waals surface area contributed by atoms with Gasteiger partial charge in [-0.05, 0) is 43.7 Å². The summed E-state index contributed by atoms with van der Waals surface area (Å²) >= 11 is 0. The number of nitrogens with zero attached hydrogens (tertiary/aromatic N) is 4. The van der Waals surface area contributed by atoms with Gasteiger partial charge in [-0.2, -0.15) is 0 Å². The van der Waals surface area contributed by atoms with Crippen molar-refractivity contribution >= 4 is 22.7 Å². The maximum atomic E-state index is 13.7. The minimum atomic E-state index is -1.35. The average Bonchev–Trinajstić information content (AvgIpc) is 3.00. The number of likely N-dealkylation sites (tertiary alicyclic amines) is 1. The van der Waals surface area contributed by atoms with E-state index in [-0.39, 0.29) is 24.9 Å². The van der Waals surface area contributed by atoms with E-state index in [1.807, 2.05) is 18.2 Å². The van der Waals surface area contributed by atoms with Crippen molar-refractivity contribution in [3.05, 3.63) is 40.3 Å². The van der Waals surface area contributed by atoms with Crippen LogP contribution in [0.25, 0.3) is 11.0 Å². The predicted octanol–water partition coefficient (Wildman–Crippen LogP) is 4.23. The predicted molar refractivity (Wildman–Crippen MR) is 143 cm³/mol. The molecule has 0 spiro atoms. The first-order chi connectivity index (χ1) is 18.0. The monoisotopic (exact) mass is 512 g/mol. The van der Waals surface area contributed by atoms with Crippen LogP contribution in [0.4, 0.5) is 0 Å². The summed E-state index contributed by atoms with van der Waals surface area (Å²) in [6.45, 7) is 4.58. The Bertz CT molecular complexity index is 1140. The fourth-order valence-corrected chi connectivity index (χ4v) is 5.85. The first-order valence-corrected chi connectivity index (χ1v) is 13.7. The zero-order valence-corrected chi connectivity index (χ0v) is 22.1. The fourth-order valence-electron chi connectivity index (χ4n) is 5.85. The summed E-state index contributed by atoms with van der Waals surface area (Å²) in [4.78, 5) is 37.9. The van der Waals surface area contributed by atoms with Crippen LogP contribution in [-0.4, -0.2) is 70.7 Å². The fraction of sp³-hybridized carbons (Fsp3) is 0.643. The second kappa shape index (κ2) is 13.1. The van der Waals surface area contributed by atoms with E-state index < -0.39 is 17.2 Å². The molecule has 1 saturated heterocycles. The number of aromatic nitrogens is 2. The normalized spacial score (nSPS) is 22.8. The maximum absolute atomic E-state index is 13.7. The third-order valence-corrected chi connectivity index (χ3v) is 7.80. The van der Waals surface area contributed by atoms with Crippen LogP contribution < -0.4 is 5.56 Å². The van der Waals surface area contributed by atoms with Gasteiger partial charge >= 0.3 is 5.97 Å². The van der Waals surface area contributed by atoms with E-state index in [1.165, 1.54) is 52.1 Å². The molecule has 1 saturated carbocycles. The van der Waals surface area contributed by atoms with Gasteiger partial charge in [0.2, 0.25) is 5.71 Å². The number of carboxylic acids is 1. The number of fused-ring (bicyclic) bond motifs is 1. The second-order valence-electron chi connectivity index (χ2n) is 10.4. The molecule has 2 aromatic rings. The molecule has 37 heavy (non-hydrogen) atoms. The number of carboxylic acid groups (broad SMARTS) is 1. The molecule has 1 aromatic carbocycles. The molecular formula is C28H40N4O5. The zero-order valence-electron chi connectivity index (χ0n) is 22.1. The van der Waals surface area contributed by atoms with Crippen LogP contribution in [0.3, 0.4) is 0 Å². The molecule has 0 unspecified atom stereocenters. The summed E-state index contributed by atoms with van der Waals surface area (Å²) in [5, 5.41) is 13.5. The lowest BCUT2D eigenvalue weighted by atomic mass is 9.92. The Balaban J connectivity index is 1.60. The number of rotatable bonds is 8. The van der Waals surface area contributed by atoms with Gasteiger partial charge in [-0.1, -0.05) is 56.3 Å². The van der Waals surface area contributed by atoms with Gasteiger partial charge in [0.05, 0.1) is 17.6 Å². The summed E-state index contributed by atoms with van der Waals surface area (Å²) in [7, 11) is 1.51. The number of carbonyl (C=O) groups is 1. The van der Waals surface area contributed by atoms with Gasteiger partial charge in [0, 0.05) is 32.3 Å². The van der Waals surface area contributed by atoms with E-state index in [0.29, 0.717) is 11.6 Å². The lowest BCUT2D eigenvalue weighted by Gasteiger charge is -2.39. The molecule has 9 heteroatoms. The lowest BCUT2D eigenvalue weighted by molar-refractivity contribution is -0.129. The van der Waals surface area contributed by atoms with Crippen molar-refractivity contribution in [1.29, 1.82) is 0 Å². The highest BCUT2D eigenvalue weighted by atomic mass is 16.6. The summed E-state index contributed by atoms with van der Waals surface area (Å²) in [6, 6.07) is 7.97. The standard InChI is InChI=1S/C28H40N4O5/c1-20-9-5-3-4-6-10-22(19-20)31-15-13-21(14-16-31)32-24-12-8-7-11-23(24)29-25(27(32)33)26(28(34)35)30-37-18-17-36-2/h7-8,11-12,20-22H,3-6,9-10,13-19H2,1-2H3,(H,34,35)/b30-26-/t20-,22-/m1/s1. The highest BCUT2D eigenvalue weighted by Gasteiger charge is 2.30. The minimum absolute atomic E-state index is 0.0337. The molecule has 2 atom stereocenters. The average molecular weight is 513 g/mol. The molecule has 9 nitrogen and oxygen atoms in total. The van der Waals surface area contributed by atoms with E-state index in [9.17, 15) is 14.7 Å². The number of piperidine rings is 1. The number of benzene rings is 1. The summed E-state index contributed by atoms with van der Waals surface area (Å²) < 4.78 is 6.66. The van der Waals surface area contributed by atoms with Crippen molar-refractivity contribution < 1.29 is 19.5 Å². The Hall–Kier alpha value is -2.78. The van der Waals surface area contributed by atoms with Crippen molar-refractivity contribution in [1.82, 2.24) is 14.5 Å². The second-order valence-corrected chi connectivity index (χ2v) is 10.4. The van der Waals surface area contributed by atoms with Gasteiger partial charge in [-0.25, -0.2) is 9.78 Å². The third kappa shape index (κ3) is 6.76. The molecule has 4 rings (SSSR count). The molecule has 202 valence electrons. The Kier molecular flexibility index (Phi) is 9.68. The number of hydrogen-bond donors (Lipinski definition) is 1. The van der Waals surface area contributed by atoms with Crippen LogP contribution in [-0.2, 0) is 14.4 Å². The molecule has 0 radical (unpaired) electrons. The molecule has 0 bridgehead atoms. The Morgan fingerprint density at radius 3 is 2.51 bits per heavy atom. The first kappa shape index (κ1) is 27.3. The number of oxime groups is 1. The van der Waals surface area contributed by atoms with Crippen LogP contribution in [0.5, 0.6) is 0 Å². The quantitative estimate of drug-likeness (QED) is 0.320. The van der Waals surface area contributed by atoms with Crippen molar-refractivity contribution in [3.8, 4) is 0 Å². The molecule has 2 fully saturated rings. The number of para-hydroxylation sites is 2. The van der Waals surface area contributed by atoms with Crippen molar-refractivity contribution in [3.63, 3.8) is 0 Å². The Labute approximate surface area is 218 Å². The Morgan fingerprint density at radius 2 is 1.78 bits per heavy atom. The smallest absolute Gasteiger partial charge is 0.360 e. The van der Waals surface area contributed by atoms with Crippen LogP contribution in [0.2, 0.25) is 0 Å². The molecule has 1 aliphatic carbocycles. The van der Waals surface area contributed by atoms with Crippen LogP contribution in [0.15, 0.2) is 34.2 Å². The van der Waals surface area contributed by atoms with Crippen molar-refractivity contribution in [2.75, 3.05) is 33.4 Å². The van der Waals surface area contributed by atoms with Gasteiger partial charge in [-0.3, -0.25) is 4.79 Å². The van der Waals surface area contributed by atoms with Gasteiger partial charge in [-0.15, -0.1) is 0 Å². The number of hydrogen-bond acceptors (Lipinski definition) is 7. The van der Waals surface area contributed by atoms with Crippen LogP contribution in [0, 0.1) is 5.92 Å². The number of methoxy groups -OCH3 is 1. The van der Waals surface area contributed by atoms with E-state index in [4.69, 9.17) is 9.57 Å². The highest BCUT2D eigenvalue weighted by Crippen LogP contribution is 2.30. The largest absolute Gasteiger partial charge is 0.476 e. The first-order valence-electron chi connectivity index (χ1n) is 13.7. The molecule has 1 N–H and O–H groups in total. The molecule has 2 heterocycles. The van der Waals surface area contributed by atoms with Gasteiger partial charge in [0.1, 0.15) is 6.61 Å². The van der Waals surface area contributed by atoms with E-state index in [2.05, 4.69) is 22.0 Å². The van der Waals surface area contributed by atoms with Gasteiger partial charge in [0.15, 0.2) is 5.69 Å². The van der Waals surface area contributed by atoms with Gasteiger partial charge < -0.3 is 24.1 Å². The molecule has 2 aliphatic rings. The summed E-state index contributed by atoms with van der Waals surface area (Å²) in [5.41, 5.74) is 0.157. The van der Waals surface area contributed by atoms with E-state index in [1.54, 1.807) is 10.6 Å². The van der Waals surface area contributed by atoms with Crippen LogP contribution >= 0.6 is 0 Å². The SMILES string of the molecule is COCCO/N=C(\C(=O)O)c1nc2ccccc2n(C2CCN([C@@H]3CCCCCC[C@@H](C)C3)CC2)c1=O. The third-order valence-electron chi connectivity index (χ3n) is 7.80. The molecular weight excluding hydrogens is 472 g/mol. The zero-order chi connectivity index (χ0) is 26.2. The molecule has 1 aliphatic heterocycles. The molecule has 1 aromatic heterocycles. The minimum Gasteiger partial charge on any atom is -0.476 e. The highest BCUT2D eigenvalue weighted by molar-refractivity contribution is 6.41. The molecule has 0 amide bonds. The van der Waals surface area contributed by atoms with Crippen molar-refractivity contribution in [2.24, 2.45) is 11.1 Å². The van der Waals surface area contributed by atoms with E-state index in [0.717, 1.165) is 37.4 Å².